The maximum Gasteiger partial charge on any atom is 0.0541 e. The van der Waals surface area contributed by atoms with E-state index in [-0.39, 0.29) is 12.1 Å². The lowest BCUT2D eigenvalue weighted by molar-refractivity contribution is 0.131. The van der Waals surface area contributed by atoms with E-state index in [0.717, 1.165) is 32.4 Å². The number of anilines is 1. The molecule has 0 spiro atoms. The molecule has 1 heterocycles. The number of aliphatic hydroxyl groups excluding tert-OH is 1. The molecule has 3 heteroatoms. The van der Waals surface area contributed by atoms with Crippen LogP contribution in [0.2, 0.25) is 0 Å². The van der Waals surface area contributed by atoms with Crippen molar-refractivity contribution >= 4 is 5.69 Å². The van der Waals surface area contributed by atoms with Crippen LogP contribution in [0, 0.1) is 19.8 Å². The number of benzene rings is 1. The third-order valence-corrected chi connectivity index (χ3v) is 4.50. The Morgan fingerprint density at radius 1 is 1.30 bits per heavy atom. The zero-order valence-corrected chi connectivity index (χ0v) is 13.0. The average Bonchev–Trinajstić information content (AvgIpc) is 2.41. The molecule has 0 bridgehead atoms. The van der Waals surface area contributed by atoms with Gasteiger partial charge >= 0.3 is 0 Å². The molecular weight excluding hydrogens is 248 g/mol. The molecule has 0 radical (unpaired) electrons. The van der Waals surface area contributed by atoms with E-state index in [1.54, 1.807) is 0 Å². The molecule has 3 unspecified atom stereocenters. The van der Waals surface area contributed by atoms with E-state index in [1.807, 2.05) is 6.92 Å². The average molecular weight is 276 g/mol. The maximum absolute atomic E-state index is 9.87. The minimum Gasteiger partial charge on any atom is -0.393 e. The van der Waals surface area contributed by atoms with Gasteiger partial charge in [0.2, 0.25) is 0 Å². The highest BCUT2D eigenvalue weighted by molar-refractivity contribution is 5.51. The molecule has 112 valence electrons. The van der Waals surface area contributed by atoms with Gasteiger partial charge in [0.1, 0.15) is 0 Å². The topological polar surface area (TPSA) is 49.5 Å². The summed E-state index contributed by atoms with van der Waals surface area (Å²) in [4.78, 5) is 2.38. The quantitative estimate of drug-likeness (QED) is 0.889. The smallest absolute Gasteiger partial charge is 0.0541 e. The van der Waals surface area contributed by atoms with Gasteiger partial charge in [0, 0.05) is 24.8 Å². The van der Waals surface area contributed by atoms with Gasteiger partial charge in [-0.05, 0) is 62.3 Å². The zero-order valence-electron chi connectivity index (χ0n) is 13.0. The van der Waals surface area contributed by atoms with Crippen LogP contribution in [0.25, 0.3) is 0 Å². The lowest BCUT2D eigenvalue weighted by Gasteiger charge is -2.38. The minimum atomic E-state index is -0.188. The van der Waals surface area contributed by atoms with E-state index in [9.17, 15) is 5.11 Å². The Morgan fingerprint density at radius 2 is 2.05 bits per heavy atom. The van der Waals surface area contributed by atoms with Crippen LogP contribution in [-0.2, 0) is 0 Å². The molecule has 0 aliphatic carbocycles. The van der Waals surface area contributed by atoms with Gasteiger partial charge in [0.05, 0.1) is 6.10 Å². The van der Waals surface area contributed by atoms with Crippen molar-refractivity contribution in [2.75, 3.05) is 18.0 Å². The van der Waals surface area contributed by atoms with Gasteiger partial charge in [-0.3, -0.25) is 0 Å². The number of nitrogens with zero attached hydrogens (tertiary/aromatic N) is 1. The molecule has 1 aromatic carbocycles. The van der Waals surface area contributed by atoms with E-state index in [2.05, 4.69) is 36.9 Å². The SMILES string of the molecule is CCC(O)CC1CC(N)CN(c2ccc(C)c(C)c2)C1. The molecule has 3 N–H and O–H groups in total. The molecule has 1 aliphatic heterocycles. The number of piperidine rings is 1. The fraction of sp³-hybridized carbons (Fsp3) is 0.647. The van der Waals surface area contributed by atoms with Crippen LogP contribution >= 0.6 is 0 Å². The molecule has 1 fully saturated rings. The second-order valence-electron chi connectivity index (χ2n) is 6.33. The fourth-order valence-electron chi connectivity index (χ4n) is 3.10. The molecule has 20 heavy (non-hydrogen) atoms. The second kappa shape index (κ2) is 6.59. The Hall–Kier alpha value is -1.06. The highest BCUT2D eigenvalue weighted by Crippen LogP contribution is 2.27. The first-order valence-corrected chi connectivity index (χ1v) is 7.75. The molecule has 0 aromatic heterocycles. The number of hydrogen-bond donors (Lipinski definition) is 2. The van der Waals surface area contributed by atoms with E-state index in [1.165, 1.54) is 16.8 Å². The summed E-state index contributed by atoms with van der Waals surface area (Å²) in [6.07, 6.45) is 2.53. The normalized spacial score (nSPS) is 24.8. The van der Waals surface area contributed by atoms with Crippen molar-refractivity contribution in [3.05, 3.63) is 29.3 Å². The van der Waals surface area contributed by atoms with E-state index in [0.29, 0.717) is 5.92 Å². The molecule has 3 nitrogen and oxygen atoms in total. The summed E-state index contributed by atoms with van der Waals surface area (Å²) in [5.41, 5.74) is 10.1. The molecule has 3 atom stereocenters. The summed E-state index contributed by atoms with van der Waals surface area (Å²) in [5.74, 6) is 0.496. The Kier molecular flexibility index (Phi) is 5.06. The van der Waals surface area contributed by atoms with E-state index < -0.39 is 0 Å². The van der Waals surface area contributed by atoms with E-state index >= 15 is 0 Å². The Labute approximate surface area is 122 Å². The summed E-state index contributed by atoms with van der Waals surface area (Å²) >= 11 is 0. The van der Waals surface area contributed by atoms with Crippen LogP contribution in [0.5, 0.6) is 0 Å². The first kappa shape index (κ1) is 15.3. The fourth-order valence-corrected chi connectivity index (χ4v) is 3.10. The van der Waals surface area contributed by atoms with Crippen LogP contribution in [-0.4, -0.2) is 30.3 Å². The first-order valence-electron chi connectivity index (χ1n) is 7.75. The van der Waals surface area contributed by atoms with Gasteiger partial charge in [0.15, 0.2) is 0 Å². The molecule has 0 saturated carbocycles. The third-order valence-electron chi connectivity index (χ3n) is 4.50. The van der Waals surface area contributed by atoms with Crippen molar-refractivity contribution in [2.45, 2.75) is 52.2 Å². The van der Waals surface area contributed by atoms with Crippen molar-refractivity contribution in [3.8, 4) is 0 Å². The number of nitrogens with two attached hydrogens (primary N) is 1. The van der Waals surface area contributed by atoms with Crippen molar-refractivity contribution in [1.29, 1.82) is 0 Å². The standard InChI is InChI=1S/C17H28N2O/c1-4-17(20)9-14-8-15(18)11-19(10-14)16-6-5-12(2)13(3)7-16/h5-7,14-15,17,20H,4,8-11,18H2,1-3H3. The number of hydrogen-bond acceptors (Lipinski definition) is 3. The summed E-state index contributed by atoms with van der Waals surface area (Å²) in [7, 11) is 0. The number of aliphatic hydroxyl groups is 1. The largest absolute Gasteiger partial charge is 0.393 e. The Bertz CT molecular complexity index is 447. The summed E-state index contributed by atoms with van der Waals surface area (Å²) < 4.78 is 0. The van der Waals surface area contributed by atoms with Gasteiger partial charge in [-0.25, -0.2) is 0 Å². The van der Waals surface area contributed by atoms with Gasteiger partial charge in [-0.2, -0.15) is 0 Å². The third kappa shape index (κ3) is 3.74. The van der Waals surface area contributed by atoms with Gasteiger partial charge in [-0.1, -0.05) is 13.0 Å². The summed E-state index contributed by atoms with van der Waals surface area (Å²) in [5, 5.41) is 9.87. The van der Waals surface area contributed by atoms with Crippen molar-refractivity contribution in [1.82, 2.24) is 0 Å². The number of rotatable bonds is 4. The minimum absolute atomic E-state index is 0.188. The predicted molar refractivity (Wildman–Crippen MR) is 85.1 cm³/mol. The molecule has 1 aliphatic rings. The monoisotopic (exact) mass is 276 g/mol. The maximum atomic E-state index is 9.87. The van der Waals surface area contributed by atoms with Crippen molar-refractivity contribution in [3.63, 3.8) is 0 Å². The van der Waals surface area contributed by atoms with Crippen LogP contribution in [0.15, 0.2) is 18.2 Å². The lowest BCUT2D eigenvalue weighted by Crippen LogP contribution is -2.47. The summed E-state index contributed by atoms with van der Waals surface area (Å²) in [6.45, 7) is 8.26. The molecule has 2 rings (SSSR count). The zero-order chi connectivity index (χ0) is 14.7. The summed E-state index contributed by atoms with van der Waals surface area (Å²) in [6, 6.07) is 6.83. The molecule has 1 saturated heterocycles. The lowest BCUT2D eigenvalue weighted by atomic mass is 9.89. The van der Waals surface area contributed by atoms with Gasteiger partial charge in [0.25, 0.3) is 0 Å². The van der Waals surface area contributed by atoms with Crippen LogP contribution in [0.1, 0.15) is 37.3 Å². The highest BCUT2D eigenvalue weighted by atomic mass is 16.3. The van der Waals surface area contributed by atoms with Crippen LogP contribution < -0.4 is 10.6 Å². The highest BCUT2D eigenvalue weighted by Gasteiger charge is 2.26. The van der Waals surface area contributed by atoms with E-state index in [4.69, 9.17) is 5.73 Å². The second-order valence-corrected chi connectivity index (χ2v) is 6.33. The number of aryl methyl sites for hydroxylation is 2. The first-order chi connectivity index (χ1) is 9.49. The van der Waals surface area contributed by atoms with Crippen LogP contribution in [0.4, 0.5) is 5.69 Å². The van der Waals surface area contributed by atoms with Gasteiger partial charge in [-0.15, -0.1) is 0 Å². The van der Waals surface area contributed by atoms with Crippen molar-refractivity contribution < 1.29 is 5.11 Å². The molecule has 1 aromatic rings. The van der Waals surface area contributed by atoms with Crippen molar-refractivity contribution in [2.24, 2.45) is 11.7 Å². The predicted octanol–water partition coefficient (Wildman–Crippen LogP) is 2.62. The Morgan fingerprint density at radius 3 is 2.70 bits per heavy atom. The van der Waals surface area contributed by atoms with Crippen LogP contribution in [0.3, 0.4) is 0 Å². The Balaban J connectivity index is 2.08. The molecular formula is C17H28N2O. The molecule has 0 amide bonds. The van der Waals surface area contributed by atoms with Gasteiger partial charge < -0.3 is 15.7 Å².